The molecule has 0 bridgehead atoms. The molecule has 0 spiro atoms. The number of amides is 1. The van der Waals surface area contributed by atoms with Crippen LogP contribution in [0.25, 0.3) is 0 Å². The van der Waals surface area contributed by atoms with Crippen LogP contribution in [-0.2, 0) is 18.2 Å². The molecule has 1 aromatic heterocycles. The number of aryl methyl sites for hydroxylation is 1. The molecule has 23 heavy (non-hydrogen) atoms. The number of rotatable bonds is 7. The molecular formula is C17H29N3O3. The van der Waals surface area contributed by atoms with Crippen molar-refractivity contribution in [3.63, 3.8) is 0 Å². The summed E-state index contributed by atoms with van der Waals surface area (Å²) in [7, 11) is 1.88. The van der Waals surface area contributed by atoms with Crippen LogP contribution < -0.4 is 5.32 Å². The maximum absolute atomic E-state index is 11.9. The Balaban J connectivity index is 2.01. The molecule has 6 heteroatoms. The summed E-state index contributed by atoms with van der Waals surface area (Å²) in [5, 5.41) is 17.3. The van der Waals surface area contributed by atoms with E-state index in [4.69, 9.17) is 4.74 Å². The number of ether oxygens (including phenoxy) is 1. The van der Waals surface area contributed by atoms with Gasteiger partial charge in [-0.2, -0.15) is 5.10 Å². The van der Waals surface area contributed by atoms with Gasteiger partial charge in [0.2, 0.25) is 0 Å². The van der Waals surface area contributed by atoms with E-state index < -0.39 is 11.7 Å². The molecule has 1 atom stereocenters. The molecule has 2 N–H and O–H groups in total. The van der Waals surface area contributed by atoms with Crippen LogP contribution >= 0.6 is 0 Å². The van der Waals surface area contributed by atoms with Crippen molar-refractivity contribution >= 4 is 6.09 Å². The van der Waals surface area contributed by atoms with E-state index in [1.54, 1.807) is 4.68 Å². The van der Waals surface area contributed by atoms with E-state index in [9.17, 15) is 9.90 Å². The first-order valence-corrected chi connectivity index (χ1v) is 8.28. The Labute approximate surface area is 138 Å². The zero-order chi connectivity index (χ0) is 17.1. The van der Waals surface area contributed by atoms with Crippen molar-refractivity contribution in [3.05, 3.63) is 18.0 Å². The van der Waals surface area contributed by atoms with Crippen molar-refractivity contribution < 1.29 is 14.6 Å². The lowest BCUT2D eigenvalue weighted by molar-refractivity contribution is 0.0448. The van der Waals surface area contributed by atoms with Gasteiger partial charge in [0.25, 0.3) is 0 Å². The zero-order valence-corrected chi connectivity index (χ0v) is 14.6. The number of aliphatic hydroxyl groups excluding tert-OH is 1. The fourth-order valence-electron chi connectivity index (χ4n) is 2.83. The van der Waals surface area contributed by atoms with Crippen molar-refractivity contribution in [2.24, 2.45) is 18.4 Å². The number of carbonyl (C=O) groups excluding carboxylic acids is 1. The molecule has 1 heterocycles. The van der Waals surface area contributed by atoms with E-state index >= 15 is 0 Å². The van der Waals surface area contributed by atoms with Crippen molar-refractivity contribution in [3.8, 4) is 0 Å². The third kappa shape index (κ3) is 5.86. The Morgan fingerprint density at radius 2 is 2.17 bits per heavy atom. The summed E-state index contributed by atoms with van der Waals surface area (Å²) < 4.78 is 7.06. The van der Waals surface area contributed by atoms with Crippen LogP contribution in [0, 0.1) is 11.3 Å². The SMILES string of the molecule is Cn1ccc(CC(CO)(CNC(=O)OC(C)(C)C)CC2CC2)n1. The highest BCUT2D eigenvalue weighted by Gasteiger charge is 2.38. The smallest absolute Gasteiger partial charge is 0.407 e. The fraction of sp³-hybridized carbons (Fsp3) is 0.765. The van der Waals surface area contributed by atoms with Crippen LogP contribution in [0.4, 0.5) is 4.79 Å². The second-order valence-corrected chi connectivity index (χ2v) is 7.82. The number of carbonyl (C=O) groups is 1. The van der Waals surface area contributed by atoms with Crippen LogP contribution in [0.15, 0.2) is 12.3 Å². The molecule has 1 aromatic rings. The van der Waals surface area contributed by atoms with Gasteiger partial charge in [0.05, 0.1) is 12.3 Å². The number of hydrogen-bond donors (Lipinski definition) is 2. The molecule has 0 aromatic carbocycles. The summed E-state index contributed by atoms with van der Waals surface area (Å²) in [5.74, 6) is 0.645. The Morgan fingerprint density at radius 1 is 1.48 bits per heavy atom. The third-order valence-electron chi connectivity index (χ3n) is 4.09. The molecule has 1 aliphatic carbocycles. The van der Waals surface area contributed by atoms with Gasteiger partial charge >= 0.3 is 6.09 Å². The van der Waals surface area contributed by atoms with Gasteiger partial charge in [0.15, 0.2) is 0 Å². The molecule has 1 unspecified atom stereocenters. The topological polar surface area (TPSA) is 76.4 Å². The monoisotopic (exact) mass is 323 g/mol. The van der Waals surface area contributed by atoms with Crippen LogP contribution in [-0.4, -0.2) is 39.7 Å². The molecule has 1 amide bonds. The van der Waals surface area contributed by atoms with Gasteiger partial charge in [-0.15, -0.1) is 0 Å². The van der Waals surface area contributed by atoms with Crippen molar-refractivity contribution in [2.45, 2.75) is 52.1 Å². The lowest BCUT2D eigenvalue weighted by atomic mass is 9.79. The Hall–Kier alpha value is -1.56. The van der Waals surface area contributed by atoms with Gasteiger partial charge in [0.1, 0.15) is 5.60 Å². The molecule has 0 aliphatic heterocycles. The summed E-state index contributed by atoms with van der Waals surface area (Å²) in [6, 6.07) is 1.96. The first-order chi connectivity index (χ1) is 10.7. The first kappa shape index (κ1) is 17.8. The average Bonchev–Trinajstić information content (AvgIpc) is 3.15. The van der Waals surface area contributed by atoms with E-state index in [1.165, 1.54) is 12.8 Å². The predicted molar refractivity (Wildman–Crippen MR) is 88.0 cm³/mol. The highest BCUT2D eigenvalue weighted by atomic mass is 16.6. The molecule has 0 saturated heterocycles. The minimum atomic E-state index is -0.524. The average molecular weight is 323 g/mol. The van der Waals surface area contributed by atoms with E-state index in [0.29, 0.717) is 18.9 Å². The largest absolute Gasteiger partial charge is 0.444 e. The van der Waals surface area contributed by atoms with E-state index in [0.717, 1.165) is 12.1 Å². The molecule has 1 aliphatic rings. The normalized spacial score (nSPS) is 17.6. The highest BCUT2D eigenvalue weighted by Crippen LogP contribution is 2.41. The summed E-state index contributed by atoms with van der Waals surface area (Å²) in [4.78, 5) is 11.9. The van der Waals surface area contributed by atoms with Gasteiger partial charge in [-0.3, -0.25) is 4.68 Å². The van der Waals surface area contributed by atoms with Crippen molar-refractivity contribution in [1.29, 1.82) is 0 Å². The predicted octanol–water partition coefficient (Wildman–Crippen LogP) is 2.27. The molecule has 0 radical (unpaired) electrons. The Morgan fingerprint density at radius 3 is 2.65 bits per heavy atom. The van der Waals surface area contributed by atoms with Crippen molar-refractivity contribution in [2.75, 3.05) is 13.2 Å². The number of nitrogens with one attached hydrogen (secondary N) is 1. The summed E-state index contributed by atoms with van der Waals surface area (Å²) >= 11 is 0. The van der Waals surface area contributed by atoms with Crippen LogP contribution in [0.5, 0.6) is 0 Å². The highest BCUT2D eigenvalue weighted by molar-refractivity contribution is 5.67. The Bertz CT molecular complexity index is 531. The number of hydrogen-bond acceptors (Lipinski definition) is 4. The minimum Gasteiger partial charge on any atom is -0.444 e. The van der Waals surface area contributed by atoms with Gasteiger partial charge in [-0.05, 0) is 39.2 Å². The second kappa shape index (κ2) is 6.91. The Kier molecular flexibility index (Phi) is 5.34. The van der Waals surface area contributed by atoms with E-state index in [-0.39, 0.29) is 12.0 Å². The standard InChI is InChI=1S/C17H29N3O3/c1-16(2,3)23-15(22)18-11-17(12-21,9-13-5-6-13)10-14-7-8-20(4)19-14/h7-8,13,21H,5-6,9-12H2,1-4H3,(H,18,22). The quantitative estimate of drug-likeness (QED) is 0.807. The summed E-state index contributed by atoms with van der Waals surface area (Å²) in [5.41, 5.74) is 0.0313. The summed E-state index contributed by atoms with van der Waals surface area (Å²) in [6.07, 6.45) is 5.42. The maximum Gasteiger partial charge on any atom is 0.407 e. The molecule has 1 saturated carbocycles. The van der Waals surface area contributed by atoms with Gasteiger partial charge in [0, 0.05) is 31.6 Å². The zero-order valence-electron chi connectivity index (χ0n) is 14.6. The van der Waals surface area contributed by atoms with Gasteiger partial charge < -0.3 is 15.2 Å². The van der Waals surface area contributed by atoms with E-state index in [1.807, 2.05) is 40.1 Å². The van der Waals surface area contributed by atoms with Gasteiger partial charge in [-0.1, -0.05) is 12.8 Å². The fourth-order valence-corrected chi connectivity index (χ4v) is 2.83. The van der Waals surface area contributed by atoms with Crippen LogP contribution in [0.1, 0.15) is 45.7 Å². The number of aromatic nitrogens is 2. The van der Waals surface area contributed by atoms with E-state index in [2.05, 4.69) is 10.4 Å². The first-order valence-electron chi connectivity index (χ1n) is 8.28. The van der Waals surface area contributed by atoms with Crippen LogP contribution in [0.3, 0.4) is 0 Å². The number of alkyl carbamates (subject to hydrolysis) is 1. The van der Waals surface area contributed by atoms with Crippen LogP contribution in [0.2, 0.25) is 0 Å². The molecule has 130 valence electrons. The summed E-state index contributed by atoms with van der Waals surface area (Å²) in [6.45, 7) is 5.93. The molecule has 1 fully saturated rings. The van der Waals surface area contributed by atoms with Crippen molar-refractivity contribution in [1.82, 2.24) is 15.1 Å². The molecular weight excluding hydrogens is 294 g/mol. The number of aliphatic hydroxyl groups is 1. The second-order valence-electron chi connectivity index (χ2n) is 7.82. The molecule has 2 rings (SSSR count). The number of nitrogens with zero attached hydrogens (tertiary/aromatic N) is 2. The third-order valence-corrected chi connectivity index (χ3v) is 4.09. The lowest BCUT2D eigenvalue weighted by Crippen LogP contribution is -2.44. The lowest BCUT2D eigenvalue weighted by Gasteiger charge is -2.32. The van der Waals surface area contributed by atoms with Gasteiger partial charge in [-0.25, -0.2) is 4.79 Å². The maximum atomic E-state index is 11.9. The minimum absolute atomic E-state index is 0.0237. The molecule has 6 nitrogen and oxygen atoms in total.